The van der Waals surface area contributed by atoms with Crippen molar-refractivity contribution in [3.05, 3.63) is 24.4 Å². The predicted molar refractivity (Wildman–Crippen MR) is 98.6 cm³/mol. The minimum atomic E-state index is 0.00140. The highest BCUT2D eigenvalue weighted by Gasteiger charge is 2.27. The topological polar surface area (TPSA) is 64.3 Å². The Morgan fingerprint density at radius 2 is 2.00 bits per heavy atom. The number of aromatic nitrogens is 2. The summed E-state index contributed by atoms with van der Waals surface area (Å²) >= 11 is 2.05. The fourth-order valence-electron chi connectivity index (χ4n) is 3.59. The van der Waals surface area contributed by atoms with E-state index >= 15 is 0 Å². The van der Waals surface area contributed by atoms with Crippen molar-refractivity contribution >= 4 is 34.4 Å². The lowest BCUT2D eigenvalue weighted by Gasteiger charge is -2.40. The van der Waals surface area contributed by atoms with Gasteiger partial charge in [-0.2, -0.15) is 16.9 Å². The van der Waals surface area contributed by atoms with Crippen LogP contribution in [0.3, 0.4) is 0 Å². The van der Waals surface area contributed by atoms with Crippen LogP contribution in [-0.4, -0.2) is 69.8 Å². The number of piperidine rings is 1. The van der Waals surface area contributed by atoms with Crippen LogP contribution in [0, 0.1) is 0 Å². The molecule has 2 fully saturated rings. The Hall–Kier alpha value is -1.73. The highest BCUT2D eigenvalue weighted by molar-refractivity contribution is 7.99. The summed E-state index contributed by atoms with van der Waals surface area (Å²) in [7, 11) is 0. The molecule has 24 heavy (non-hydrogen) atoms. The van der Waals surface area contributed by atoms with Crippen LogP contribution < -0.4 is 5.32 Å². The van der Waals surface area contributed by atoms with Gasteiger partial charge in [-0.25, -0.2) is 4.79 Å². The summed E-state index contributed by atoms with van der Waals surface area (Å²) < 4.78 is 0. The Morgan fingerprint density at radius 3 is 2.79 bits per heavy atom. The van der Waals surface area contributed by atoms with Gasteiger partial charge in [-0.05, 0) is 31.0 Å². The lowest BCUT2D eigenvalue weighted by atomic mass is 10.0. The Labute approximate surface area is 146 Å². The number of aromatic amines is 1. The van der Waals surface area contributed by atoms with Crippen molar-refractivity contribution in [2.24, 2.45) is 0 Å². The molecule has 1 aromatic carbocycles. The molecule has 2 N–H and O–H groups in total. The number of nitrogens with zero attached hydrogens (tertiary/aromatic N) is 3. The van der Waals surface area contributed by atoms with Crippen molar-refractivity contribution in [2.75, 3.05) is 43.0 Å². The summed E-state index contributed by atoms with van der Waals surface area (Å²) in [5.74, 6) is 2.49. The van der Waals surface area contributed by atoms with E-state index in [0.29, 0.717) is 6.04 Å². The van der Waals surface area contributed by atoms with Crippen LogP contribution in [0.4, 0.5) is 10.5 Å². The molecule has 2 aromatic rings. The van der Waals surface area contributed by atoms with Gasteiger partial charge in [0.05, 0.1) is 11.7 Å². The van der Waals surface area contributed by atoms with Crippen LogP contribution in [0.1, 0.15) is 12.8 Å². The second-order valence-electron chi connectivity index (χ2n) is 6.47. The Bertz CT molecular complexity index is 704. The van der Waals surface area contributed by atoms with Crippen molar-refractivity contribution in [1.29, 1.82) is 0 Å². The molecule has 0 unspecified atom stereocenters. The first-order chi connectivity index (χ1) is 11.8. The third kappa shape index (κ3) is 3.37. The van der Waals surface area contributed by atoms with Gasteiger partial charge in [0.2, 0.25) is 0 Å². The van der Waals surface area contributed by atoms with Crippen molar-refractivity contribution in [3.8, 4) is 0 Å². The van der Waals surface area contributed by atoms with Crippen LogP contribution in [0.15, 0.2) is 24.4 Å². The number of benzene rings is 1. The number of thioether (sulfide) groups is 1. The molecule has 0 saturated carbocycles. The van der Waals surface area contributed by atoms with Crippen LogP contribution >= 0.6 is 11.8 Å². The van der Waals surface area contributed by atoms with Crippen LogP contribution in [0.2, 0.25) is 0 Å². The molecule has 3 heterocycles. The number of urea groups is 1. The normalized spacial score (nSPS) is 20.4. The van der Waals surface area contributed by atoms with E-state index in [9.17, 15) is 4.79 Å². The second-order valence-corrected chi connectivity index (χ2v) is 7.69. The third-order valence-corrected chi connectivity index (χ3v) is 5.95. The lowest BCUT2D eigenvalue weighted by Crippen LogP contribution is -2.49. The first kappa shape index (κ1) is 15.8. The molecular weight excluding hydrogens is 322 g/mol. The van der Waals surface area contributed by atoms with Crippen molar-refractivity contribution in [2.45, 2.75) is 18.9 Å². The molecule has 0 aliphatic carbocycles. The van der Waals surface area contributed by atoms with Gasteiger partial charge in [0, 0.05) is 54.8 Å². The van der Waals surface area contributed by atoms with E-state index in [1.54, 1.807) is 6.20 Å². The summed E-state index contributed by atoms with van der Waals surface area (Å²) in [6, 6.07) is 6.47. The minimum absolute atomic E-state index is 0.00140. The van der Waals surface area contributed by atoms with Gasteiger partial charge in [-0.1, -0.05) is 0 Å². The van der Waals surface area contributed by atoms with Crippen LogP contribution in [0.25, 0.3) is 10.9 Å². The van der Waals surface area contributed by atoms with Gasteiger partial charge in [-0.15, -0.1) is 0 Å². The van der Waals surface area contributed by atoms with Gasteiger partial charge < -0.3 is 10.2 Å². The van der Waals surface area contributed by atoms with Gasteiger partial charge in [0.15, 0.2) is 0 Å². The number of carbonyl (C=O) groups excluding carboxylic acids is 1. The number of carbonyl (C=O) groups is 1. The van der Waals surface area contributed by atoms with Gasteiger partial charge in [0.1, 0.15) is 0 Å². The average Bonchev–Trinajstić information content (AvgIpc) is 3.10. The molecule has 2 saturated heterocycles. The molecule has 7 heteroatoms. The van der Waals surface area contributed by atoms with Crippen LogP contribution in [0.5, 0.6) is 0 Å². The predicted octanol–water partition coefficient (Wildman–Crippen LogP) is 2.61. The van der Waals surface area contributed by atoms with Crippen molar-refractivity contribution < 1.29 is 4.79 Å². The number of amides is 2. The molecule has 2 amide bonds. The highest BCUT2D eigenvalue weighted by Crippen LogP contribution is 2.22. The number of fused-ring (bicyclic) bond motifs is 1. The lowest BCUT2D eigenvalue weighted by molar-refractivity contribution is 0.130. The summed E-state index contributed by atoms with van der Waals surface area (Å²) in [5, 5.41) is 11.0. The summed E-state index contributed by atoms with van der Waals surface area (Å²) in [4.78, 5) is 17.0. The van der Waals surface area contributed by atoms with Gasteiger partial charge in [0.25, 0.3) is 0 Å². The molecule has 0 bridgehead atoms. The van der Waals surface area contributed by atoms with Crippen molar-refractivity contribution in [1.82, 2.24) is 20.0 Å². The van der Waals surface area contributed by atoms with E-state index in [2.05, 4.69) is 20.4 Å². The molecule has 128 valence electrons. The molecule has 2 aliphatic heterocycles. The monoisotopic (exact) mass is 345 g/mol. The van der Waals surface area contributed by atoms with Crippen molar-refractivity contribution in [3.63, 3.8) is 0 Å². The first-order valence-corrected chi connectivity index (χ1v) is 9.76. The number of H-pyrrole nitrogens is 1. The Balaban J connectivity index is 1.32. The van der Waals surface area contributed by atoms with E-state index in [4.69, 9.17) is 0 Å². The zero-order valence-electron chi connectivity index (χ0n) is 13.7. The van der Waals surface area contributed by atoms with Gasteiger partial charge >= 0.3 is 6.03 Å². The number of anilines is 1. The highest BCUT2D eigenvalue weighted by atomic mass is 32.2. The average molecular weight is 345 g/mol. The molecule has 6 nitrogen and oxygen atoms in total. The number of nitrogens with one attached hydrogen (secondary N) is 2. The molecule has 0 radical (unpaired) electrons. The Kier molecular flexibility index (Phi) is 4.62. The molecular formula is C17H23N5OS. The number of hydrogen-bond acceptors (Lipinski definition) is 4. The summed E-state index contributed by atoms with van der Waals surface area (Å²) in [5.41, 5.74) is 1.75. The SMILES string of the molecule is O=C(Nc1ccc2cn[nH]c2c1)N1CCC(N2CCSCC2)CC1. The largest absolute Gasteiger partial charge is 0.324 e. The fraction of sp³-hybridized carbons (Fsp3) is 0.529. The fourth-order valence-corrected chi connectivity index (χ4v) is 4.53. The zero-order chi connectivity index (χ0) is 16.4. The smallest absolute Gasteiger partial charge is 0.321 e. The van der Waals surface area contributed by atoms with E-state index in [1.807, 2.05) is 34.9 Å². The van der Waals surface area contributed by atoms with Crippen LogP contribution in [-0.2, 0) is 0 Å². The number of rotatable bonds is 2. The molecule has 0 spiro atoms. The van der Waals surface area contributed by atoms with E-state index in [-0.39, 0.29) is 6.03 Å². The second kappa shape index (κ2) is 7.03. The first-order valence-electron chi connectivity index (χ1n) is 8.60. The summed E-state index contributed by atoms with van der Waals surface area (Å²) in [6.45, 7) is 4.08. The van der Waals surface area contributed by atoms with Gasteiger partial charge in [-0.3, -0.25) is 10.00 Å². The molecule has 1 aromatic heterocycles. The maximum Gasteiger partial charge on any atom is 0.321 e. The third-order valence-electron chi connectivity index (χ3n) is 5.01. The number of likely N-dealkylation sites (tertiary alicyclic amines) is 1. The van der Waals surface area contributed by atoms with E-state index < -0.39 is 0 Å². The maximum atomic E-state index is 12.5. The quantitative estimate of drug-likeness (QED) is 0.878. The van der Waals surface area contributed by atoms with E-state index in [1.165, 1.54) is 24.6 Å². The number of hydrogen-bond donors (Lipinski definition) is 2. The molecule has 4 rings (SSSR count). The minimum Gasteiger partial charge on any atom is -0.324 e. The van der Waals surface area contributed by atoms with E-state index in [0.717, 1.165) is 42.5 Å². The standard InChI is InChI=1S/C17H23N5OS/c23-17(19-14-2-1-13-12-18-20-16(13)11-14)22-5-3-15(4-6-22)21-7-9-24-10-8-21/h1-2,11-12,15H,3-10H2,(H,18,20)(H,19,23). The zero-order valence-corrected chi connectivity index (χ0v) is 14.5. The maximum absolute atomic E-state index is 12.5. The molecule has 2 aliphatic rings. The molecule has 0 atom stereocenters. The Morgan fingerprint density at radius 1 is 1.21 bits per heavy atom. The summed E-state index contributed by atoms with van der Waals surface area (Å²) in [6.07, 6.45) is 3.94.